The second-order valence-corrected chi connectivity index (χ2v) is 3.82. The van der Waals surface area contributed by atoms with Crippen molar-refractivity contribution >= 4 is 11.6 Å². The van der Waals surface area contributed by atoms with Gasteiger partial charge in [0.2, 0.25) is 5.95 Å². The van der Waals surface area contributed by atoms with E-state index in [9.17, 15) is 4.39 Å². The van der Waals surface area contributed by atoms with Gasteiger partial charge in [-0.25, -0.2) is 14.4 Å². The maximum absolute atomic E-state index is 12.9. The van der Waals surface area contributed by atoms with Gasteiger partial charge in [-0.15, -0.1) is 0 Å². The average molecular weight is 246 g/mol. The van der Waals surface area contributed by atoms with Crippen LogP contribution in [-0.4, -0.2) is 23.1 Å². The molecule has 18 heavy (non-hydrogen) atoms. The first kappa shape index (κ1) is 12.4. The molecule has 0 aliphatic carbocycles. The van der Waals surface area contributed by atoms with Crippen LogP contribution in [0.4, 0.5) is 16.0 Å². The third-order valence-corrected chi connectivity index (χ3v) is 2.52. The van der Waals surface area contributed by atoms with Gasteiger partial charge in [0, 0.05) is 24.6 Å². The Kier molecular flexibility index (Phi) is 4.20. The van der Waals surface area contributed by atoms with Crippen LogP contribution >= 0.6 is 0 Å². The van der Waals surface area contributed by atoms with E-state index in [0.717, 1.165) is 12.1 Å². The molecule has 0 aliphatic rings. The number of hydrogen-bond donors (Lipinski definition) is 1. The van der Waals surface area contributed by atoms with Crippen LogP contribution in [0.5, 0.6) is 0 Å². The minimum absolute atomic E-state index is 0.258. The molecule has 0 radical (unpaired) electrons. The standard InChI is InChI=1S/C13H15FN4/c14-11-3-5-12(6-4-11)18(10-1-7-15)13-16-8-2-9-17-13/h2-6,8-9H,1,7,10,15H2. The summed E-state index contributed by atoms with van der Waals surface area (Å²) in [6.07, 6.45) is 4.18. The molecule has 2 aromatic rings. The van der Waals surface area contributed by atoms with Gasteiger partial charge in [0.25, 0.3) is 0 Å². The molecular weight excluding hydrogens is 231 g/mol. The summed E-state index contributed by atoms with van der Waals surface area (Å²) in [5, 5.41) is 0. The van der Waals surface area contributed by atoms with E-state index in [-0.39, 0.29) is 5.82 Å². The predicted octanol–water partition coefficient (Wildman–Crippen LogP) is 2.10. The fraction of sp³-hybridized carbons (Fsp3) is 0.231. The Morgan fingerprint density at radius 2 is 1.78 bits per heavy atom. The summed E-state index contributed by atoms with van der Waals surface area (Å²) in [6, 6.07) is 8.03. The molecule has 0 saturated heterocycles. The van der Waals surface area contributed by atoms with Crippen molar-refractivity contribution in [1.29, 1.82) is 0 Å². The van der Waals surface area contributed by atoms with E-state index in [1.54, 1.807) is 30.6 Å². The third kappa shape index (κ3) is 3.01. The SMILES string of the molecule is NCCCN(c1ccc(F)cc1)c1ncccn1. The Morgan fingerprint density at radius 3 is 2.39 bits per heavy atom. The quantitative estimate of drug-likeness (QED) is 0.877. The van der Waals surface area contributed by atoms with E-state index in [2.05, 4.69) is 9.97 Å². The lowest BCUT2D eigenvalue weighted by atomic mass is 10.2. The minimum Gasteiger partial charge on any atom is -0.330 e. The second kappa shape index (κ2) is 6.07. The molecule has 0 saturated carbocycles. The lowest BCUT2D eigenvalue weighted by molar-refractivity contribution is 0.627. The minimum atomic E-state index is -0.258. The van der Waals surface area contributed by atoms with Gasteiger partial charge < -0.3 is 10.6 Å². The molecule has 0 bridgehead atoms. The number of hydrogen-bond acceptors (Lipinski definition) is 4. The van der Waals surface area contributed by atoms with E-state index < -0.39 is 0 Å². The fourth-order valence-corrected chi connectivity index (χ4v) is 1.65. The van der Waals surface area contributed by atoms with Crippen molar-refractivity contribution in [2.24, 2.45) is 5.73 Å². The Labute approximate surface area is 105 Å². The van der Waals surface area contributed by atoms with Crippen molar-refractivity contribution in [3.63, 3.8) is 0 Å². The highest BCUT2D eigenvalue weighted by Crippen LogP contribution is 2.21. The van der Waals surface area contributed by atoms with Crippen molar-refractivity contribution in [1.82, 2.24) is 9.97 Å². The molecule has 1 heterocycles. The zero-order chi connectivity index (χ0) is 12.8. The highest BCUT2D eigenvalue weighted by atomic mass is 19.1. The van der Waals surface area contributed by atoms with Gasteiger partial charge in [0.05, 0.1) is 0 Å². The van der Waals surface area contributed by atoms with E-state index in [1.807, 2.05) is 4.90 Å². The molecule has 0 fully saturated rings. The number of nitrogens with two attached hydrogens (primary N) is 1. The van der Waals surface area contributed by atoms with Crippen LogP contribution in [0, 0.1) is 5.82 Å². The molecule has 5 heteroatoms. The molecule has 2 rings (SSSR count). The normalized spacial score (nSPS) is 10.3. The van der Waals surface area contributed by atoms with Crippen LogP contribution in [-0.2, 0) is 0 Å². The van der Waals surface area contributed by atoms with E-state index in [1.165, 1.54) is 12.1 Å². The Bertz CT molecular complexity index is 472. The van der Waals surface area contributed by atoms with Crippen molar-refractivity contribution in [2.75, 3.05) is 18.0 Å². The smallest absolute Gasteiger partial charge is 0.229 e. The van der Waals surface area contributed by atoms with E-state index in [0.29, 0.717) is 19.0 Å². The predicted molar refractivity (Wildman–Crippen MR) is 69.1 cm³/mol. The molecule has 1 aromatic carbocycles. The molecule has 0 unspecified atom stereocenters. The third-order valence-electron chi connectivity index (χ3n) is 2.52. The number of nitrogens with zero attached hydrogens (tertiary/aromatic N) is 3. The first-order chi connectivity index (χ1) is 8.81. The largest absolute Gasteiger partial charge is 0.330 e. The molecular formula is C13H15FN4. The molecule has 0 amide bonds. The van der Waals surface area contributed by atoms with Crippen LogP contribution in [0.3, 0.4) is 0 Å². The van der Waals surface area contributed by atoms with Gasteiger partial charge in [-0.1, -0.05) is 0 Å². The van der Waals surface area contributed by atoms with Crippen LogP contribution in [0.1, 0.15) is 6.42 Å². The molecule has 94 valence electrons. The lowest BCUT2D eigenvalue weighted by Gasteiger charge is -2.22. The molecule has 0 spiro atoms. The van der Waals surface area contributed by atoms with Gasteiger partial charge in [-0.3, -0.25) is 0 Å². The molecule has 2 N–H and O–H groups in total. The van der Waals surface area contributed by atoms with E-state index >= 15 is 0 Å². The zero-order valence-electron chi connectivity index (χ0n) is 9.96. The maximum Gasteiger partial charge on any atom is 0.229 e. The first-order valence-electron chi connectivity index (χ1n) is 5.81. The molecule has 0 aliphatic heterocycles. The maximum atomic E-state index is 12.9. The number of halogens is 1. The van der Waals surface area contributed by atoms with Crippen molar-refractivity contribution in [3.8, 4) is 0 Å². The number of benzene rings is 1. The van der Waals surface area contributed by atoms with Gasteiger partial charge in [-0.05, 0) is 43.3 Å². The van der Waals surface area contributed by atoms with Crippen molar-refractivity contribution < 1.29 is 4.39 Å². The summed E-state index contributed by atoms with van der Waals surface area (Å²) in [5.41, 5.74) is 6.39. The summed E-state index contributed by atoms with van der Waals surface area (Å²) in [4.78, 5) is 10.3. The second-order valence-electron chi connectivity index (χ2n) is 3.82. The molecule has 1 aromatic heterocycles. The Hall–Kier alpha value is -2.01. The van der Waals surface area contributed by atoms with Crippen LogP contribution < -0.4 is 10.6 Å². The number of aromatic nitrogens is 2. The summed E-state index contributed by atoms with van der Waals surface area (Å²) in [5.74, 6) is 0.337. The summed E-state index contributed by atoms with van der Waals surface area (Å²) in [7, 11) is 0. The number of rotatable bonds is 5. The number of anilines is 2. The first-order valence-corrected chi connectivity index (χ1v) is 5.81. The summed E-state index contributed by atoms with van der Waals surface area (Å²) < 4.78 is 12.9. The van der Waals surface area contributed by atoms with Crippen LogP contribution in [0.15, 0.2) is 42.7 Å². The Balaban J connectivity index is 2.27. The summed E-state index contributed by atoms with van der Waals surface area (Å²) >= 11 is 0. The van der Waals surface area contributed by atoms with Gasteiger partial charge in [0.1, 0.15) is 5.82 Å². The summed E-state index contributed by atoms with van der Waals surface area (Å²) in [6.45, 7) is 1.29. The van der Waals surface area contributed by atoms with E-state index in [4.69, 9.17) is 5.73 Å². The highest BCUT2D eigenvalue weighted by molar-refractivity contribution is 5.56. The van der Waals surface area contributed by atoms with Crippen molar-refractivity contribution in [2.45, 2.75) is 6.42 Å². The monoisotopic (exact) mass is 246 g/mol. The average Bonchev–Trinajstić information content (AvgIpc) is 2.42. The Morgan fingerprint density at radius 1 is 1.11 bits per heavy atom. The van der Waals surface area contributed by atoms with Crippen LogP contribution in [0.25, 0.3) is 0 Å². The zero-order valence-corrected chi connectivity index (χ0v) is 9.96. The van der Waals surface area contributed by atoms with Gasteiger partial charge in [0.15, 0.2) is 0 Å². The molecule has 4 nitrogen and oxygen atoms in total. The van der Waals surface area contributed by atoms with Crippen molar-refractivity contribution in [3.05, 3.63) is 48.5 Å². The lowest BCUT2D eigenvalue weighted by Crippen LogP contribution is -2.22. The molecule has 0 atom stereocenters. The van der Waals surface area contributed by atoms with Gasteiger partial charge >= 0.3 is 0 Å². The highest BCUT2D eigenvalue weighted by Gasteiger charge is 2.10. The fourth-order valence-electron chi connectivity index (χ4n) is 1.65. The van der Waals surface area contributed by atoms with Gasteiger partial charge in [-0.2, -0.15) is 0 Å². The topological polar surface area (TPSA) is 55.0 Å². The van der Waals surface area contributed by atoms with Crippen LogP contribution in [0.2, 0.25) is 0 Å².